The zero-order valence-electron chi connectivity index (χ0n) is 15.0. The molecule has 0 spiro atoms. The van der Waals surface area contributed by atoms with Crippen molar-refractivity contribution in [3.63, 3.8) is 0 Å². The van der Waals surface area contributed by atoms with E-state index in [-0.39, 0.29) is 5.91 Å². The molecule has 5 heteroatoms. The highest BCUT2D eigenvalue weighted by molar-refractivity contribution is 5.93. The van der Waals surface area contributed by atoms with Crippen molar-refractivity contribution in [1.82, 2.24) is 20.3 Å². The molecule has 1 amide bonds. The van der Waals surface area contributed by atoms with E-state index in [0.29, 0.717) is 17.9 Å². The first kappa shape index (κ1) is 16.9. The van der Waals surface area contributed by atoms with Crippen LogP contribution < -0.4 is 5.32 Å². The largest absolute Gasteiger partial charge is 0.346 e. The van der Waals surface area contributed by atoms with Gasteiger partial charge in [0.1, 0.15) is 0 Å². The minimum absolute atomic E-state index is 0.211. The first-order chi connectivity index (χ1) is 12.0. The second-order valence-corrected chi connectivity index (χ2v) is 6.32. The maximum atomic E-state index is 12.5. The Kier molecular flexibility index (Phi) is 4.65. The predicted octanol–water partition coefficient (Wildman–Crippen LogP) is 3.43. The van der Waals surface area contributed by atoms with Gasteiger partial charge in [0.05, 0.1) is 11.4 Å². The molecule has 0 saturated carbocycles. The van der Waals surface area contributed by atoms with Crippen molar-refractivity contribution in [2.75, 3.05) is 0 Å². The molecule has 0 aliphatic heterocycles. The van der Waals surface area contributed by atoms with Gasteiger partial charge in [-0.25, -0.2) is 0 Å². The molecule has 0 aliphatic rings. The van der Waals surface area contributed by atoms with Gasteiger partial charge >= 0.3 is 0 Å². The molecule has 0 bridgehead atoms. The Bertz CT molecular complexity index is 927. The lowest BCUT2D eigenvalue weighted by molar-refractivity contribution is 0.0945. The minimum atomic E-state index is -0.211. The van der Waals surface area contributed by atoms with Gasteiger partial charge in [-0.3, -0.25) is 4.79 Å². The molecule has 3 rings (SSSR count). The number of carbonyl (C=O) groups excluding carboxylic acids is 1. The van der Waals surface area contributed by atoms with Gasteiger partial charge in [0.2, 0.25) is 0 Å². The number of carbonyl (C=O) groups is 1. The molecule has 25 heavy (non-hydrogen) atoms. The second-order valence-electron chi connectivity index (χ2n) is 6.32. The molecule has 1 heterocycles. The first-order valence-electron chi connectivity index (χ1n) is 8.30. The Morgan fingerprint density at radius 1 is 1.00 bits per heavy atom. The molecule has 0 saturated heterocycles. The van der Waals surface area contributed by atoms with E-state index < -0.39 is 0 Å². The molecule has 3 aromatic rings. The minimum Gasteiger partial charge on any atom is -0.346 e. The summed E-state index contributed by atoms with van der Waals surface area (Å²) < 4.78 is 0. The normalized spacial score (nSPS) is 10.7. The van der Waals surface area contributed by atoms with Gasteiger partial charge in [0, 0.05) is 6.54 Å². The van der Waals surface area contributed by atoms with Crippen LogP contribution in [0.3, 0.4) is 0 Å². The Morgan fingerprint density at radius 2 is 1.76 bits per heavy atom. The van der Waals surface area contributed by atoms with Crippen molar-refractivity contribution in [3.05, 3.63) is 76.1 Å². The zero-order valence-corrected chi connectivity index (χ0v) is 15.0. The van der Waals surface area contributed by atoms with Crippen LogP contribution in [0.4, 0.5) is 0 Å². The van der Waals surface area contributed by atoms with Crippen LogP contribution in [0.25, 0.3) is 5.69 Å². The first-order valence-corrected chi connectivity index (χ1v) is 8.30. The van der Waals surface area contributed by atoms with Crippen LogP contribution in [-0.4, -0.2) is 20.9 Å². The third-order valence-electron chi connectivity index (χ3n) is 4.27. The number of hydrogen-bond acceptors (Lipinski definition) is 3. The number of benzene rings is 2. The van der Waals surface area contributed by atoms with Crippen LogP contribution in [0.15, 0.2) is 42.5 Å². The summed E-state index contributed by atoms with van der Waals surface area (Å²) in [4.78, 5) is 14.0. The summed E-state index contributed by atoms with van der Waals surface area (Å²) >= 11 is 0. The van der Waals surface area contributed by atoms with Gasteiger partial charge in [-0.05, 0) is 50.5 Å². The van der Waals surface area contributed by atoms with Crippen LogP contribution >= 0.6 is 0 Å². The molecule has 5 nitrogen and oxygen atoms in total. The van der Waals surface area contributed by atoms with E-state index in [2.05, 4.69) is 21.6 Å². The molecule has 0 fully saturated rings. The SMILES string of the molecule is Cc1ccc(-n2nc(C)c(C(=O)NCc3ccccc3C)n2)c(C)c1. The van der Waals surface area contributed by atoms with Gasteiger partial charge in [-0.2, -0.15) is 9.90 Å². The molecule has 128 valence electrons. The van der Waals surface area contributed by atoms with E-state index in [0.717, 1.165) is 22.4 Å². The van der Waals surface area contributed by atoms with Crippen molar-refractivity contribution in [3.8, 4) is 5.69 Å². The van der Waals surface area contributed by atoms with Crippen molar-refractivity contribution in [1.29, 1.82) is 0 Å². The summed E-state index contributed by atoms with van der Waals surface area (Å²) in [7, 11) is 0. The Balaban J connectivity index is 1.80. The molecule has 1 aromatic heterocycles. The summed E-state index contributed by atoms with van der Waals surface area (Å²) in [5.41, 5.74) is 6.35. The molecular weight excluding hydrogens is 312 g/mol. The van der Waals surface area contributed by atoms with Crippen LogP contribution in [0.1, 0.15) is 38.4 Å². The lowest BCUT2D eigenvalue weighted by atomic mass is 10.1. The molecule has 0 atom stereocenters. The number of rotatable bonds is 4. The van der Waals surface area contributed by atoms with Crippen LogP contribution in [0.2, 0.25) is 0 Å². The average molecular weight is 334 g/mol. The summed E-state index contributed by atoms with van der Waals surface area (Å²) in [6.45, 7) is 8.36. The fourth-order valence-electron chi connectivity index (χ4n) is 2.79. The van der Waals surface area contributed by atoms with Gasteiger partial charge in [0.25, 0.3) is 5.91 Å². The summed E-state index contributed by atoms with van der Waals surface area (Å²) in [5.74, 6) is -0.211. The number of nitrogens with zero attached hydrogens (tertiary/aromatic N) is 3. The molecule has 0 aliphatic carbocycles. The third-order valence-corrected chi connectivity index (χ3v) is 4.27. The fraction of sp³-hybridized carbons (Fsp3) is 0.250. The smallest absolute Gasteiger partial charge is 0.274 e. The summed E-state index contributed by atoms with van der Waals surface area (Å²) in [5, 5.41) is 11.7. The van der Waals surface area contributed by atoms with E-state index in [1.165, 1.54) is 10.4 Å². The highest BCUT2D eigenvalue weighted by Crippen LogP contribution is 2.15. The number of aryl methyl sites for hydroxylation is 4. The molecule has 0 radical (unpaired) electrons. The maximum absolute atomic E-state index is 12.5. The van der Waals surface area contributed by atoms with Crippen molar-refractivity contribution in [2.24, 2.45) is 0 Å². The molecule has 2 aromatic carbocycles. The zero-order chi connectivity index (χ0) is 18.0. The molecule has 1 N–H and O–H groups in total. The van der Waals surface area contributed by atoms with Gasteiger partial charge in [-0.15, -0.1) is 5.10 Å². The van der Waals surface area contributed by atoms with Gasteiger partial charge < -0.3 is 5.32 Å². The van der Waals surface area contributed by atoms with E-state index in [4.69, 9.17) is 0 Å². The lowest BCUT2D eigenvalue weighted by Crippen LogP contribution is -2.24. The van der Waals surface area contributed by atoms with Crippen molar-refractivity contribution >= 4 is 5.91 Å². The summed E-state index contributed by atoms with van der Waals surface area (Å²) in [6.07, 6.45) is 0. The van der Waals surface area contributed by atoms with E-state index in [9.17, 15) is 4.79 Å². The molecule has 0 unspecified atom stereocenters. The van der Waals surface area contributed by atoms with E-state index >= 15 is 0 Å². The monoisotopic (exact) mass is 334 g/mol. The Hall–Kier alpha value is -2.95. The maximum Gasteiger partial charge on any atom is 0.274 e. The number of hydrogen-bond donors (Lipinski definition) is 1. The van der Waals surface area contributed by atoms with Crippen LogP contribution in [0.5, 0.6) is 0 Å². The Morgan fingerprint density at radius 3 is 2.48 bits per heavy atom. The van der Waals surface area contributed by atoms with Crippen LogP contribution in [-0.2, 0) is 6.54 Å². The highest BCUT2D eigenvalue weighted by atomic mass is 16.2. The predicted molar refractivity (Wildman–Crippen MR) is 97.9 cm³/mol. The Labute approximate surface area is 147 Å². The second kappa shape index (κ2) is 6.89. The average Bonchev–Trinajstić information content (AvgIpc) is 2.95. The fourth-order valence-corrected chi connectivity index (χ4v) is 2.79. The van der Waals surface area contributed by atoms with Crippen LogP contribution in [0, 0.1) is 27.7 Å². The van der Waals surface area contributed by atoms with Gasteiger partial charge in [-0.1, -0.05) is 42.0 Å². The quantitative estimate of drug-likeness (QED) is 0.795. The standard InChI is InChI=1S/C20H22N4O/c1-13-9-10-18(15(3)11-13)24-22-16(4)19(23-24)20(25)21-12-17-8-6-5-7-14(17)2/h5-11H,12H2,1-4H3,(H,21,25). The topological polar surface area (TPSA) is 59.8 Å². The third kappa shape index (κ3) is 3.60. The highest BCUT2D eigenvalue weighted by Gasteiger charge is 2.17. The number of amides is 1. The van der Waals surface area contributed by atoms with E-state index in [1.807, 2.05) is 57.2 Å². The number of nitrogens with one attached hydrogen (secondary N) is 1. The van der Waals surface area contributed by atoms with Crippen molar-refractivity contribution < 1.29 is 4.79 Å². The van der Waals surface area contributed by atoms with Crippen molar-refractivity contribution in [2.45, 2.75) is 34.2 Å². The van der Waals surface area contributed by atoms with Gasteiger partial charge in [0.15, 0.2) is 5.69 Å². The lowest BCUT2D eigenvalue weighted by Gasteiger charge is -2.07. The summed E-state index contributed by atoms with van der Waals surface area (Å²) in [6, 6.07) is 14.1. The molecular formula is C20H22N4O. The van der Waals surface area contributed by atoms with E-state index in [1.54, 1.807) is 6.92 Å². The number of aromatic nitrogens is 3.